The summed E-state index contributed by atoms with van der Waals surface area (Å²) in [6.45, 7) is 4.91. The number of rotatable bonds is 9. The molecule has 3 aromatic rings. The Balaban J connectivity index is 1.75. The van der Waals surface area contributed by atoms with Crippen LogP contribution in [0, 0.1) is 19.7 Å². The number of fused-ring (bicyclic) bond motifs is 1. The van der Waals surface area contributed by atoms with E-state index in [1.807, 2.05) is 13.8 Å². The highest BCUT2D eigenvalue weighted by Crippen LogP contribution is 2.25. The Labute approximate surface area is 183 Å². The van der Waals surface area contributed by atoms with E-state index in [2.05, 4.69) is 20.4 Å². The molecular formula is C20H23ClFN5O2S. The molecule has 10 heteroatoms. The van der Waals surface area contributed by atoms with Crippen LogP contribution in [0.5, 0.6) is 0 Å². The van der Waals surface area contributed by atoms with E-state index in [1.54, 1.807) is 23.8 Å². The van der Waals surface area contributed by atoms with Gasteiger partial charge in [-0.15, -0.1) is 5.10 Å². The number of hydrogen-bond acceptors (Lipinski definition) is 6. The number of benzene rings is 1. The second-order valence-corrected chi connectivity index (χ2v) is 8.08. The fourth-order valence-electron chi connectivity index (χ4n) is 3.01. The third-order valence-electron chi connectivity index (χ3n) is 4.62. The highest BCUT2D eigenvalue weighted by molar-refractivity contribution is 7.99. The molecule has 0 aliphatic rings. The van der Waals surface area contributed by atoms with Gasteiger partial charge in [0, 0.05) is 48.7 Å². The van der Waals surface area contributed by atoms with Gasteiger partial charge in [0.25, 0.3) is 5.78 Å². The maximum absolute atomic E-state index is 14.2. The van der Waals surface area contributed by atoms with Crippen molar-refractivity contribution < 1.29 is 13.9 Å². The topological polar surface area (TPSA) is 81.4 Å². The molecule has 30 heavy (non-hydrogen) atoms. The first kappa shape index (κ1) is 22.5. The van der Waals surface area contributed by atoms with Gasteiger partial charge in [-0.05, 0) is 38.0 Å². The maximum atomic E-state index is 14.2. The second-order valence-electron chi connectivity index (χ2n) is 6.73. The van der Waals surface area contributed by atoms with E-state index < -0.39 is 0 Å². The highest BCUT2D eigenvalue weighted by Gasteiger charge is 2.17. The summed E-state index contributed by atoms with van der Waals surface area (Å²) in [5, 5.41) is 8.12. The summed E-state index contributed by atoms with van der Waals surface area (Å²) in [6.07, 6.45) is 1.06. The summed E-state index contributed by atoms with van der Waals surface area (Å²) in [5.41, 5.74) is 2.80. The van der Waals surface area contributed by atoms with Crippen LogP contribution in [0.2, 0.25) is 5.02 Å². The molecule has 0 saturated carbocycles. The molecule has 1 amide bonds. The molecule has 1 N–H and O–H groups in total. The first-order valence-corrected chi connectivity index (χ1v) is 10.8. The summed E-state index contributed by atoms with van der Waals surface area (Å²) < 4.78 is 20.8. The number of methoxy groups -OCH3 is 1. The third kappa shape index (κ3) is 5.27. The number of carbonyl (C=O) groups is 1. The minimum atomic E-state index is -0.354. The maximum Gasteiger partial charge on any atom is 0.253 e. The van der Waals surface area contributed by atoms with Crippen molar-refractivity contribution >= 4 is 35.0 Å². The molecular weight excluding hydrogens is 429 g/mol. The Morgan fingerprint density at radius 1 is 1.30 bits per heavy atom. The lowest BCUT2D eigenvalue weighted by atomic mass is 10.0. The van der Waals surface area contributed by atoms with Gasteiger partial charge in [0.15, 0.2) is 0 Å². The molecule has 7 nitrogen and oxygen atoms in total. The molecule has 0 spiro atoms. The fourth-order valence-corrected chi connectivity index (χ4v) is 3.89. The quantitative estimate of drug-likeness (QED) is 0.397. The SMILES string of the molecule is COCCCNC(=O)CSc1nc2nc(C)c(Cc3c(F)cccc3Cl)c(C)n2n1. The van der Waals surface area contributed by atoms with Gasteiger partial charge in [-0.25, -0.2) is 13.9 Å². The van der Waals surface area contributed by atoms with Crippen LogP contribution >= 0.6 is 23.4 Å². The van der Waals surface area contributed by atoms with Crippen LogP contribution in [0.4, 0.5) is 4.39 Å². The molecule has 0 unspecified atom stereocenters. The van der Waals surface area contributed by atoms with E-state index >= 15 is 0 Å². The zero-order chi connectivity index (χ0) is 21.7. The van der Waals surface area contributed by atoms with Crippen molar-refractivity contribution in [2.24, 2.45) is 0 Å². The number of aromatic nitrogens is 4. The van der Waals surface area contributed by atoms with Crippen molar-refractivity contribution in [2.75, 3.05) is 26.0 Å². The Hall–Kier alpha value is -2.23. The van der Waals surface area contributed by atoms with Crippen molar-refractivity contribution in [3.8, 4) is 0 Å². The Bertz CT molecular complexity index is 1040. The average molecular weight is 452 g/mol. The zero-order valence-electron chi connectivity index (χ0n) is 17.0. The van der Waals surface area contributed by atoms with Gasteiger partial charge in [0.05, 0.1) is 5.75 Å². The van der Waals surface area contributed by atoms with Gasteiger partial charge in [0.2, 0.25) is 11.1 Å². The van der Waals surface area contributed by atoms with E-state index in [0.717, 1.165) is 23.4 Å². The van der Waals surface area contributed by atoms with Crippen LogP contribution in [0.3, 0.4) is 0 Å². The largest absolute Gasteiger partial charge is 0.385 e. The minimum absolute atomic E-state index is 0.0919. The zero-order valence-corrected chi connectivity index (χ0v) is 18.6. The smallest absolute Gasteiger partial charge is 0.253 e. The number of ether oxygens (including phenoxy) is 1. The molecule has 160 valence electrons. The molecule has 3 rings (SSSR count). The van der Waals surface area contributed by atoms with Crippen LogP contribution < -0.4 is 5.32 Å². The normalized spacial score (nSPS) is 11.2. The predicted molar refractivity (Wildman–Crippen MR) is 115 cm³/mol. The number of halogens is 2. The number of carbonyl (C=O) groups excluding carboxylic acids is 1. The van der Waals surface area contributed by atoms with Crippen molar-refractivity contribution in [1.29, 1.82) is 0 Å². The molecule has 0 bridgehead atoms. The monoisotopic (exact) mass is 451 g/mol. The molecule has 0 atom stereocenters. The molecule has 0 fully saturated rings. The second kappa shape index (κ2) is 10.2. The first-order chi connectivity index (χ1) is 14.4. The minimum Gasteiger partial charge on any atom is -0.385 e. The van der Waals surface area contributed by atoms with E-state index in [9.17, 15) is 9.18 Å². The molecule has 0 aliphatic carbocycles. The van der Waals surface area contributed by atoms with Crippen LogP contribution in [0.15, 0.2) is 23.4 Å². The summed E-state index contributed by atoms with van der Waals surface area (Å²) >= 11 is 7.43. The van der Waals surface area contributed by atoms with Crippen LogP contribution in [-0.4, -0.2) is 51.5 Å². The van der Waals surface area contributed by atoms with Gasteiger partial charge in [-0.2, -0.15) is 4.98 Å². The van der Waals surface area contributed by atoms with E-state index in [0.29, 0.717) is 41.1 Å². The Morgan fingerprint density at radius 3 is 2.83 bits per heavy atom. The molecule has 2 heterocycles. The van der Waals surface area contributed by atoms with Gasteiger partial charge in [-0.1, -0.05) is 29.4 Å². The van der Waals surface area contributed by atoms with Crippen molar-refractivity contribution in [3.63, 3.8) is 0 Å². The number of aryl methyl sites for hydroxylation is 2. The highest BCUT2D eigenvalue weighted by atomic mass is 35.5. The Kier molecular flexibility index (Phi) is 7.63. The number of thioether (sulfide) groups is 1. The number of nitrogens with zero attached hydrogens (tertiary/aromatic N) is 4. The molecule has 2 aromatic heterocycles. The van der Waals surface area contributed by atoms with Crippen LogP contribution in [0.25, 0.3) is 5.78 Å². The number of amides is 1. The predicted octanol–water partition coefficient (Wildman–Crippen LogP) is 3.37. The van der Waals surface area contributed by atoms with Crippen molar-refractivity contribution in [3.05, 3.63) is 51.6 Å². The van der Waals surface area contributed by atoms with E-state index in [1.165, 1.54) is 17.8 Å². The van der Waals surface area contributed by atoms with Crippen LogP contribution in [0.1, 0.15) is 28.9 Å². The van der Waals surface area contributed by atoms with E-state index in [4.69, 9.17) is 16.3 Å². The molecule has 0 saturated heterocycles. The number of hydrogen-bond donors (Lipinski definition) is 1. The summed E-state index contributed by atoms with van der Waals surface area (Å²) in [6, 6.07) is 4.64. The summed E-state index contributed by atoms with van der Waals surface area (Å²) in [4.78, 5) is 20.8. The van der Waals surface area contributed by atoms with Gasteiger partial charge < -0.3 is 10.1 Å². The lowest BCUT2D eigenvalue weighted by Gasteiger charge is -2.12. The molecule has 0 aliphatic heterocycles. The fraction of sp³-hybridized carbons (Fsp3) is 0.400. The van der Waals surface area contributed by atoms with Gasteiger partial charge in [-0.3, -0.25) is 4.79 Å². The number of nitrogens with one attached hydrogen (secondary N) is 1. The van der Waals surface area contributed by atoms with E-state index in [-0.39, 0.29) is 17.5 Å². The Morgan fingerprint density at radius 2 is 2.10 bits per heavy atom. The summed E-state index contributed by atoms with van der Waals surface area (Å²) in [7, 11) is 1.63. The van der Waals surface area contributed by atoms with Gasteiger partial charge in [0.1, 0.15) is 5.82 Å². The van der Waals surface area contributed by atoms with Gasteiger partial charge >= 0.3 is 0 Å². The molecule has 1 aromatic carbocycles. The lowest BCUT2D eigenvalue weighted by molar-refractivity contribution is -0.118. The standard InChI is InChI=1S/C20H23ClFN5O2S/c1-12-14(10-15-16(21)6-4-7-17(15)22)13(2)27-19(24-12)25-20(26-27)30-11-18(28)23-8-5-9-29-3/h4,6-7H,5,8-11H2,1-3H3,(H,23,28). The van der Waals surface area contributed by atoms with Crippen molar-refractivity contribution in [1.82, 2.24) is 24.9 Å². The first-order valence-electron chi connectivity index (χ1n) is 9.45. The lowest BCUT2D eigenvalue weighted by Crippen LogP contribution is -2.26. The van der Waals surface area contributed by atoms with Crippen molar-refractivity contribution in [2.45, 2.75) is 31.8 Å². The average Bonchev–Trinajstić information content (AvgIpc) is 3.12. The summed E-state index contributed by atoms with van der Waals surface area (Å²) in [5.74, 6) is 0.203. The molecule has 0 radical (unpaired) electrons. The van der Waals surface area contributed by atoms with Crippen LogP contribution in [-0.2, 0) is 16.0 Å². The third-order valence-corrected chi connectivity index (χ3v) is 5.82.